The molecular formula is C23H21F3N4O2S. The molecule has 2 saturated carbocycles. The van der Waals surface area contributed by atoms with Crippen LogP contribution in [-0.4, -0.2) is 45.5 Å². The zero-order valence-electron chi connectivity index (χ0n) is 17.7. The van der Waals surface area contributed by atoms with Gasteiger partial charge in [0.1, 0.15) is 11.1 Å². The third kappa shape index (κ3) is 3.25. The van der Waals surface area contributed by atoms with Crippen molar-refractivity contribution >= 4 is 22.9 Å². The second-order valence-electron chi connectivity index (χ2n) is 9.20. The number of halogens is 3. The van der Waals surface area contributed by atoms with Crippen molar-refractivity contribution in [3.63, 3.8) is 0 Å². The lowest BCUT2D eigenvalue weighted by atomic mass is 9.73. The Balaban J connectivity index is 1.24. The summed E-state index contributed by atoms with van der Waals surface area (Å²) in [5, 5.41) is 6.01. The Labute approximate surface area is 192 Å². The molecule has 2 aliphatic carbocycles. The predicted molar refractivity (Wildman–Crippen MR) is 115 cm³/mol. The molecule has 1 amide bonds. The summed E-state index contributed by atoms with van der Waals surface area (Å²) in [4.78, 5) is 23.8. The van der Waals surface area contributed by atoms with Gasteiger partial charge in [-0.3, -0.25) is 4.79 Å². The van der Waals surface area contributed by atoms with Gasteiger partial charge in [-0.25, -0.2) is 9.97 Å². The van der Waals surface area contributed by atoms with E-state index < -0.39 is 11.7 Å². The first-order valence-corrected chi connectivity index (χ1v) is 11.7. The largest absolute Gasteiger partial charge is 0.472 e. The third-order valence-corrected chi connectivity index (χ3v) is 8.01. The van der Waals surface area contributed by atoms with Crippen LogP contribution in [0.2, 0.25) is 0 Å². The lowest BCUT2D eigenvalue weighted by molar-refractivity contribution is -0.138. The molecule has 33 heavy (non-hydrogen) atoms. The lowest BCUT2D eigenvalue weighted by Crippen LogP contribution is -2.59. The van der Waals surface area contributed by atoms with Crippen LogP contribution in [-0.2, 0) is 11.0 Å². The summed E-state index contributed by atoms with van der Waals surface area (Å²) in [6.45, 7) is 2.68. The highest BCUT2D eigenvalue weighted by Crippen LogP contribution is 2.71. The van der Waals surface area contributed by atoms with Crippen molar-refractivity contribution in [2.75, 3.05) is 6.54 Å². The molecule has 0 bridgehead atoms. The number of amides is 1. The van der Waals surface area contributed by atoms with E-state index in [1.807, 2.05) is 29.4 Å². The van der Waals surface area contributed by atoms with Gasteiger partial charge < -0.3 is 15.0 Å². The van der Waals surface area contributed by atoms with Gasteiger partial charge in [0.2, 0.25) is 5.88 Å². The third-order valence-electron chi connectivity index (χ3n) is 7.22. The van der Waals surface area contributed by atoms with E-state index in [9.17, 15) is 18.0 Å². The van der Waals surface area contributed by atoms with Crippen molar-refractivity contribution in [3.05, 3.63) is 58.2 Å². The first-order valence-electron chi connectivity index (χ1n) is 10.9. The van der Waals surface area contributed by atoms with Gasteiger partial charge in [0.05, 0.1) is 22.9 Å². The molecule has 0 aromatic carbocycles. The zero-order chi connectivity index (χ0) is 23.0. The van der Waals surface area contributed by atoms with Crippen LogP contribution in [0.1, 0.15) is 30.3 Å². The van der Waals surface area contributed by atoms with Crippen molar-refractivity contribution in [2.45, 2.75) is 44.1 Å². The molecule has 2 aliphatic heterocycles. The van der Waals surface area contributed by atoms with Gasteiger partial charge in [-0.15, -0.1) is 11.3 Å². The van der Waals surface area contributed by atoms with Crippen LogP contribution in [0.25, 0.3) is 5.70 Å². The van der Waals surface area contributed by atoms with Crippen LogP contribution in [0, 0.1) is 11.3 Å². The summed E-state index contributed by atoms with van der Waals surface area (Å²) in [5.41, 5.74) is 0.582. The first kappa shape index (κ1) is 20.7. The number of dihydropyridines is 1. The Morgan fingerprint density at radius 1 is 1.30 bits per heavy atom. The van der Waals surface area contributed by atoms with Crippen molar-refractivity contribution in [1.82, 2.24) is 20.2 Å². The second kappa shape index (κ2) is 7.06. The van der Waals surface area contributed by atoms with E-state index in [-0.39, 0.29) is 35.4 Å². The highest BCUT2D eigenvalue weighted by atomic mass is 32.1. The van der Waals surface area contributed by atoms with Crippen LogP contribution in [0.5, 0.6) is 5.88 Å². The van der Waals surface area contributed by atoms with Gasteiger partial charge >= 0.3 is 6.18 Å². The fourth-order valence-corrected chi connectivity index (χ4v) is 6.22. The molecule has 1 spiro atoms. The number of pyridine rings is 1. The quantitative estimate of drug-likeness (QED) is 0.729. The van der Waals surface area contributed by atoms with Crippen LogP contribution >= 0.6 is 11.3 Å². The molecule has 2 aromatic heterocycles. The fraction of sp³-hybridized carbons (Fsp3) is 0.435. The number of alkyl halides is 3. The number of hydrogen-bond donors (Lipinski definition) is 1. The number of thiazole rings is 1. The van der Waals surface area contributed by atoms with Crippen molar-refractivity contribution in [1.29, 1.82) is 0 Å². The summed E-state index contributed by atoms with van der Waals surface area (Å²) < 4.78 is 44.4. The smallest absolute Gasteiger partial charge is 0.417 e. The summed E-state index contributed by atoms with van der Waals surface area (Å²) in [6.07, 6.45) is 3.45. The Morgan fingerprint density at radius 3 is 2.85 bits per heavy atom. The molecule has 10 heteroatoms. The van der Waals surface area contributed by atoms with E-state index in [1.165, 1.54) is 17.4 Å². The van der Waals surface area contributed by atoms with Crippen LogP contribution in [0.15, 0.2) is 47.6 Å². The molecule has 5 unspecified atom stereocenters. The summed E-state index contributed by atoms with van der Waals surface area (Å²) in [7, 11) is 0. The van der Waals surface area contributed by atoms with Crippen molar-refractivity contribution in [3.8, 4) is 5.88 Å². The number of nitrogens with zero attached hydrogens (tertiary/aromatic N) is 3. The van der Waals surface area contributed by atoms with Crippen LogP contribution in [0.4, 0.5) is 13.2 Å². The molecule has 1 N–H and O–H groups in total. The van der Waals surface area contributed by atoms with Gasteiger partial charge in [-0.1, -0.05) is 6.08 Å². The first-order chi connectivity index (χ1) is 15.8. The van der Waals surface area contributed by atoms with E-state index >= 15 is 0 Å². The van der Waals surface area contributed by atoms with E-state index in [1.54, 1.807) is 6.20 Å². The molecule has 0 radical (unpaired) electrons. The molecule has 5 atom stereocenters. The normalized spacial score (nSPS) is 32.1. The van der Waals surface area contributed by atoms with Gasteiger partial charge in [-0.05, 0) is 37.8 Å². The molecule has 6 nitrogen and oxygen atoms in total. The number of ether oxygens (including phenoxy) is 1. The average Bonchev–Trinajstić information content (AvgIpc) is 3.14. The molecule has 4 aliphatic rings. The summed E-state index contributed by atoms with van der Waals surface area (Å²) >= 11 is 1.47. The maximum absolute atomic E-state index is 13.7. The second-order valence-corrected chi connectivity index (χ2v) is 10.1. The number of rotatable bonds is 4. The molecule has 6 rings (SSSR count). The summed E-state index contributed by atoms with van der Waals surface area (Å²) in [5.74, 6) is 0.534. The molecule has 1 saturated heterocycles. The van der Waals surface area contributed by atoms with Gasteiger partial charge in [0, 0.05) is 41.8 Å². The van der Waals surface area contributed by atoms with Gasteiger partial charge in [0.25, 0.3) is 5.91 Å². The zero-order valence-corrected chi connectivity index (χ0v) is 18.5. The number of carbonyl (C=O) groups is 1. The Bertz CT molecular complexity index is 1160. The maximum atomic E-state index is 13.7. The Kier molecular flexibility index (Phi) is 4.43. The SMILES string of the molecule is CC1C=CC(C(=O)N2CC3CC34CC(Oc3ccc(C(F)(F)F)cn3)C24)=C(c2nccs2)N1. The molecule has 4 heterocycles. The molecular weight excluding hydrogens is 453 g/mol. The van der Waals surface area contributed by atoms with E-state index in [2.05, 4.69) is 15.3 Å². The number of hydrogen-bond acceptors (Lipinski definition) is 6. The van der Waals surface area contributed by atoms with Gasteiger partial charge in [0.15, 0.2) is 0 Å². The number of likely N-dealkylation sites (tertiary alicyclic amines) is 1. The minimum atomic E-state index is -4.44. The number of nitrogens with one attached hydrogen (secondary N) is 1. The maximum Gasteiger partial charge on any atom is 0.417 e. The highest BCUT2D eigenvalue weighted by Gasteiger charge is 2.76. The number of carbonyl (C=O) groups excluding carboxylic acids is 1. The van der Waals surface area contributed by atoms with E-state index in [4.69, 9.17) is 4.74 Å². The minimum Gasteiger partial charge on any atom is -0.472 e. The van der Waals surface area contributed by atoms with Crippen molar-refractivity contribution < 1.29 is 22.7 Å². The summed E-state index contributed by atoms with van der Waals surface area (Å²) in [6, 6.07) is 2.21. The Morgan fingerprint density at radius 2 is 2.15 bits per heavy atom. The standard InChI is InChI=1S/C23H21F3N4O2S/c1-12-2-4-15(18(29-12)20-27-6-7-33-20)21(31)30-11-14-8-22(14)9-16(19(22)30)32-17-5-3-13(10-28-17)23(24,25)26/h2-7,10,12,14,16,19,29H,8-9,11H2,1H3. The molecule has 172 valence electrons. The molecule has 2 aromatic rings. The van der Waals surface area contributed by atoms with E-state index in [0.29, 0.717) is 18.0 Å². The lowest BCUT2D eigenvalue weighted by Gasteiger charge is -2.47. The van der Waals surface area contributed by atoms with Crippen LogP contribution < -0.4 is 10.1 Å². The highest BCUT2D eigenvalue weighted by molar-refractivity contribution is 7.10. The fourth-order valence-electron chi connectivity index (χ4n) is 5.56. The predicted octanol–water partition coefficient (Wildman–Crippen LogP) is 3.88. The monoisotopic (exact) mass is 474 g/mol. The average molecular weight is 475 g/mol. The van der Waals surface area contributed by atoms with E-state index in [0.717, 1.165) is 35.8 Å². The Hall–Kier alpha value is -2.88. The van der Waals surface area contributed by atoms with Crippen molar-refractivity contribution in [2.24, 2.45) is 11.3 Å². The minimum absolute atomic E-state index is 0.0684. The topological polar surface area (TPSA) is 67.4 Å². The van der Waals surface area contributed by atoms with Crippen LogP contribution in [0.3, 0.4) is 0 Å². The van der Waals surface area contributed by atoms with Gasteiger partial charge in [-0.2, -0.15) is 13.2 Å². The number of piperidine rings is 1. The molecule has 3 fully saturated rings. The number of aromatic nitrogens is 2.